The number of halogens is 1. The summed E-state index contributed by atoms with van der Waals surface area (Å²) in [6.45, 7) is 1.30. The molecule has 0 aromatic heterocycles. The van der Waals surface area contributed by atoms with E-state index < -0.39 is 47.9 Å². The first-order chi connectivity index (χ1) is 19.2. The number of carbonyl (C=O) groups excluding carboxylic acids is 5. The van der Waals surface area contributed by atoms with Crippen LogP contribution in [0, 0.1) is 17.8 Å². The van der Waals surface area contributed by atoms with Crippen LogP contribution in [0.4, 0.5) is 0 Å². The van der Waals surface area contributed by atoms with E-state index in [1.807, 2.05) is 19.1 Å². The molecule has 0 unspecified atom stereocenters. The van der Waals surface area contributed by atoms with Gasteiger partial charge in [-0.3, -0.25) is 19.2 Å². The monoisotopic (exact) mass is 556 g/mol. The number of imide groups is 1. The normalized spacial score (nSPS) is 19.8. The molecule has 1 aliphatic heterocycles. The Hall–Kier alpha value is -4.56. The third-order valence-corrected chi connectivity index (χ3v) is 7.36. The maximum absolute atomic E-state index is 13.6. The van der Waals surface area contributed by atoms with Crippen molar-refractivity contribution < 1.29 is 28.7 Å². The summed E-state index contributed by atoms with van der Waals surface area (Å²) in [5, 5.41) is 2.17. The topological polar surface area (TPSA) is 101 Å². The van der Waals surface area contributed by atoms with E-state index in [2.05, 4.69) is 0 Å². The first-order valence-electron chi connectivity index (χ1n) is 12.8. The molecule has 40 heavy (non-hydrogen) atoms. The zero-order chi connectivity index (χ0) is 28.4. The van der Waals surface area contributed by atoms with Crippen molar-refractivity contribution >= 4 is 41.1 Å². The van der Waals surface area contributed by atoms with Crippen LogP contribution in [0.1, 0.15) is 44.4 Å². The number of amides is 3. The van der Waals surface area contributed by atoms with E-state index in [1.54, 1.807) is 30.3 Å². The van der Waals surface area contributed by atoms with Crippen LogP contribution >= 0.6 is 11.6 Å². The Morgan fingerprint density at radius 2 is 1.52 bits per heavy atom. The van der Waals surface area contributed by atoms with Gasteiger partial charge in [-0.15, -0.1) is 0 Å². The molecular weight excluding hydrogens is 532 g/mol. The second-order valence-corrected chi connectivity index (χ2v) is 10.2. The number of carbonyl (C=O) groups is 5. The first-order valence-corrected chi connectivity index (χ1v) is 13.1. The van der Waals surface area contributed by atoms with Gasteiger partial charge in [0.25, 0.3) is 17.7 Å². The van der Waals surface area contributed by atoms with Gasteiger partial charge in [-0.25, -0.2) is 9.80 Å². The molecule has 1 saturated heterocycles. The van der Waals surface area contributed by atoms with E-state index >= 15 is 0 Å². The van der Waals surface area contributed by atoms with Crippen molar-refractivity contribution in [2.45, 2.75) is 13.3 Å². The second kappa shape index (κ2) is 11.3. The number of Topliss-reactive ketones (excluding diaryl/α,β-unsaturated/α-hetero) is 1. The van der Waals surface area contributed by atoms with Crippen LogP contribution in [0.5, 0.6) is 5.75 Å². The molecule has 1 heterocycles. The molecule has 2 aliphatic rings. The van der Waals surface area contributed by atoms with Crippen LogP contribution in [0.2, 0.25) is 5.02 Å². The highest BCUT2D eigenvalue weighted by molar-refractivity contribution is 6.30. The molecule has 3 amide bonds. The summed E-state index contributed by atoms with van der Waals surface area (Å²) in [7, 11) is 0. The minimum absolute atomic E-state index is 0.169. The predicted molar refractivity (Wildman–Crippen MR) is 146 cm³/mol. The van der Waals surface area contributed by atoms with Gasteiger partial charge < -0.3 is 4.74 Å². The van der Waals surface area contributed by atoms with Gasteiger partial charge in [0, 0.05) is 16.1 Å². The van der Waals surface area contributed by atoms with Crippen molar-refractivity contribution in [2.24, 2.45) is 17.8 Å². The Bertz CT molecular complexity index is 1500. The smallest absolute Gasteiger partial charge is 0.343 e. The molecule has 1 aliphatic carbocycles. The molecule has 8 nitrogen and oxygen atoms in total. The molecule has 202 valence electrons. The van der Waals surface area contributed by atoms with Crippen molar-refractivity contribution in [3.05, 3.63) is 113 Å². The molecular formula is C31H25ClN2O6. The summed E-state index contributed by atoms with van der Waals surface area (Å²) < 4.78 is 5.37. The number of nitrogens with zero attached hydrogens (tertiary/aromatic N) is 2. The van der Waals surface area contributed by atoms with Crippen molar-refractivity contribution in [3.8, 4) is 5.75 Å². The maximum atomic E-state index is 13.6. The Balaban J connectivity index is 1.39. The number of hydrogen-bond acceptors (Lipinski definition) is 6. The molecule has 3 atom stereocenters. The van der Waals surface area contributed by atoms with Crippen molar-refractivity contribution in [2.75, 3.05) is 6.54 Å². The zero-order valence-electron chi connectivity index (χ0n) is 21.5. The summed E-state index contributed by atoms with van der Waals surface area (Å²) in [5.41, 5.74) is 0.756. The fourth-order valence-corrected chi connectivity index (χ4v) is 5.15. The lowest BCUT2D eigenvalue weighted by molar-refractivity contribution is -0.154. The summed E-state index contributed by atoms with van der Waals surface area (Å²) >= 11 is 5.98. The van der Waals surface area contributed by atoms with Gasteiger partial charge in [-0.05, 0) is 73.0 Å². The Morgan fingerprint density at radius 1 is 0.875 bits per heavy atom. The van der Waals surface area contributed by atoms with E-state index in [9.17, 15) is 24.0 Å². The molecule has 0 saturated carbocycles. The summed E-state index contributed by atoms with van der Waals surface area (Å²) in [4.78, 5) is 66.2. The van der Waals surface area contributed by atoms with E-state index in [0.717, 1.165) is 10.0 Å². The SMILES string of the molecule is C[C@@H]1C=CC[C@@H]2C(=O)N(N(CC(=O)c3ccc(OC(=O)c4ccccc4)cc3)C(=O)c3ccc(Cl)cc3)C(=O)[C@@H]12. The van der Waals surface area contributed by atoms with Gasteiger partial charge in [0.1, 0.15) is 12.3 Å². The number of rotatable bonds is 7. The van der Waals surface area contributed by atoms with Crippen LogP contribution in [0.15, 0.2) is 91.0 Å². The van der Waals surface area contributed by atoms with Crippen LogP contribution in [-0.4, -0.2) is 46.0 Å². The lowest BCUT2D eigenvalue weighted by atomic mass is 9.78. The van der Waals surface area contributed by atoms with Crippen LogP contribution in [0.25, 0.3) is 0 Å². The quantitative estimate of drug-likeness (QED) is 0.133. The lowest BCUT2D eigenvalue weighted by Crippen LogP contribution is -2.52. The predicted octanol–water partition coefficient (Wildman–Crippen LogP) is 5.00. The molecule has 9 heteroatoms. The fourth-order valence-electron chi connectivity index (χ4n) is 5.02. The van der Waals surface area contributed by atoms with Gasteiger partial charge in [0.15, 0.2) is 5.78 Å². The molecule has 1 fully saturated rings. The number of hydrazine groups is 1. The number of allylic oxidation sites excluding steroid dienone is 2. The lowest BCUT2D eigenvalue weighted by Gasteiger charge is -2.30. The van der Waals surface area contributed by atoms with E-state index in [0.29, 0.717) is 17.0 Å². The number of esters is 1. The first kappa shape index (κ1) is 27.0. The highest BCUT2D eigenvalue weighted by Crippen LogP contribution is 2.39. The minimum Gasteiger partial charge on any atom is -0.423 e. The second-order valence-electron chi connectivity index (χ2n) is 9.72. The van der Waals surface area contributed by atoms with Gasteiger partial charge in [0.2, 0.25) is 0 Å². The third kappa shape index (κ3) is 5.31. The van der Waals surface area contributed by atoms with E-state index in [1.165, 1.54) is 48.5 Å². The Labute approximate surface area is 235 Å². The number of ketones is 1. The summed E-state index contributed by atoms with van der Waals surface area (Å²) in [5.74, 6) is -3.91. The van der Waals surface area contributed by atoms with Crippen LogP contribution in [-0.2, 0) is 9.59 Å². The fraction of sp³-hybridized carbons (Fsp3) is 0.194. The molecule has 0 bridgehead atoms. The number of fused-ring (bicyclic) bond motifs is 1. The molecule has 3 aromatic carbocycles. The molecule has 0 spiro atoms. The maximum Gasteiger partial charge on any atom is 0.343 e. The average molecular weight is 557 g/mol. The van der Waals surface area contributed by atoms with Crippen LogP contribution in [0.3, 0.4) is 0 Å². The van der Waals surface area contributed by atoms with E-state index in [-0.39, 0.29) is 22.8 Å². The standard InChI is InChI=1S/C31H25ClN2O6/c1-19-6-5-9-25-27(19)30(38)34(29(25)37)33(28(36)21-10-14-23(32)15-11-21)18-26(35)20-12-16-24(17-13-20)40-31(39)22-7-3-2-4-8-22/h2-8,10-17,19,25,27H,9,18H2,1H3/t19-,25+,27+/m1/s1. The average Bonchev–Trinajstić information content (AvgIpc) is 3.22. The minimum atomic E-state index is -0.681. The Kier molecular flexibility index (Phi) is 7.62. The third-order valence-electron chi connectivity index (χ3n) is 7.11. The van der Waals surface area contributed by atoms with Crippen molar-refractivity contribution in [1.29, 1.82) is 0 Å². The van der Waals surface area contributed by atoms with Gasteiger partial charge in [-0.2, -0.15) is 5.01 Å². The summed E-state index contributed by atoms with van der Waals surface area (Å²) in [6.07, 6.45) is 4.14. The highest BCUT2D eigenvalue weighted by atomic mass is 35.5. The summed E-state index contributed by atoms with van der Waals surface area (Å²) in [6, 6.07) is 20.3. The van der Waals surface area contributed by atoms with Crippen molar-refractivity contribution in [3.63, 3.8) is 0 Å². The van der Waals surface area contributed by atoms with Gasteiger partial charge in [0.05, 0.1) is 17.4 Å². The van der Waals surface area contributed by atoms with Gasteiger partial charge >= 0.3 is 5.97 Å². The molecule has 0 radical (unpaired) electrons. The van der Waals surface area contributed by atoms with Crippen molar-refractivity contribution in [1.82, 2.24) is 10.0 Å². The molecule has 3 aromatic rings. The number of benzene rings is 3. The largest absolute Gasteiger partial charge is 0.423 e. The Morgan fingerprint density at radius 3 is 2.17 bits per heavy atom. The highest BCUT2D eigenvalue weighted by Gasteiger charge is 2.53. The zero-order valence-corrected chi connectivity index (χ0v) is 22.3. The molecule has 5 rings (SSSR count). The molecule has 0 N–H and O–H groups in total. The van der Waals surface area contributed by atoms with Crippen LogP contribution < -0.4 is 4.74 Å². The van der Waals surface area contributed by atoms with Gasteiger partial charge in [-0.1, -0.05) is 48.9 Å². The number of hydrogen-bond donors (Lipinski definition) is 0. The van der Waals surface area contributed by atoms with E-state index in [4.69, 9.17) is 16.3 Å². The number of ether oxygens (including phenoxy) is 1.